The molecule has 0 N–H and O–H groups in total. The largest absolute Gasteiger partial charge is 0.372 e. The van der Waals surface area contributed by atoms with Crippen molar-refractivity contribution in [3.63, 3.8) is 0 Å². The number of nitro benzene ring substituents is 2. The molecule has 2 aliphatic rings. The lowest BCUT2D eigenvalue weighted by Crippen LogP contribution is -2.48. The molecule has 0 aliphatic carbocycles. The lowest BCUT2D eigenvalue weighted by molar-refractivity contribution is -0.388. The fraction of sp³-hybridized carbons (Fsp3) is 0.478. The molecule has 2 aromatic carbocycles. The molecule has 0 spiro atoms. The number of nitrogens with zero attached hydrogens (tertiary/aromatic N) is 4. The smallest absolute Gasteiger partial charge is 0.289 e. The molecule has 2 aromatic rings. The molecule has 0 amide bonds. The van der Waals surface area contributed by atoms with Gasteiger partial charge in [0, 0.05) is 38.3 Å². The molecule has 4 rings (SSSR count). The van der Waals surface area contributed by atoms with Crippen molar-refractivity contribution in [3.05, 3.63) is 68.8 Å². The first-order valence-electron chi connectivity index (χ1n) is 11.9. The van der Waals surface area contributed by atoms with E-state index in [2.05, 4.69) is 0 Å². The first-order valence-corrected chi connectivity index (χ1v) is 14.8. The number of sulfonamides is 2. The highest BCUT2D eigenvalue weighted by Crippen LogP contribution is 2.33. The molecule has 14 nitrogen and oxygen atoms in total. The molecule has 16 heteroatoms. The molecule has 2 unspecified atom stereocenters. The zero-order valence-corrected chi connectivity index (χ0v) is 22.8. The van der Waals surface area contributed by atoms with Gasteiger partial charge in [-0.05, 0) is 17.5 Å². The Bertz CT molecular complexity index is 1360. The average Bonchev–Trinajstić information content (AvgIpc) is 3.80. The van der Waals surface area contributed by atoms with Gasteiger partial charge in [0.25, 0.3) is 11.4 Å². The number of ether oxygens (including phenoxy) is 2. The van der Waals surface area contributed by atoms with Crippen LogP contribution >= 0.6 is 0 Å². The Morgan fingerprint density at radius 1 is 0.769 bits per heavy atom. The minimum Gasteiger partial charge on any atom is -0.372 e. The highest BCUT2D eigenvalue weighted by atomic mass is 32.2. The Kier molecular flexibility index (Phi) is 8.07. The molecule has 2 saturated heterocycles. The van der Waals surface area contributed by atoms with Crippen molar-refractivity contribution in [2.24, 2.45) is 5.41 Å². The van der Waals surface area contributed by atoms with Crippen LogP contribution in [0.4, 0.5) is 11.4 Å². The summed E-state index contributed by atoms with van der Waals surface area (Å²) in [6, 6.07) is 9.98. The molecule has 2 atom stereocenters. The fourth-order valence-electron chi connectivity index (χ4n) is 4.23. The molecule has 2 heterocycles. The summed E-state index contributed by atoms with van der Waals surface area (Å²) < 4.78 is 67.2. The maximum atomic E-state index is 13.6. The lowest BCUT2D eigenvalue weighted by Gasteiger charge is -2.35. The molecule has 0 bridgehead atoms. The maximum absolute atomic E-state index is 13.6. The molecule has 2 aliphatic heterocycles. The van der Waals surface area contributed by atoms with Gasteiger partial charge in [0.2, 0.25) is 20.0 Å². The van der Waals surface area contributed by atoms with E-state index in [1.807, 2.05) is 0 Å². The minimum atomic E-state index is -4.39. The Morgan fingerprint density at radius 3 is 1.41 bits per heavy atom. The monoisotopic (exact) mass is 584 g/mol. The molecule has 212 valence electrons. The van der Waals surface area contributed by atoms with Gasteiger partial charge < -0.3 is 9.47 Å². The van der Waals surface area contributed by atoms with Gasteiger partial charge in [0.1, 0.15) is 0 Å². The number of para-hydroxylation sites is 2. The van der Waals surface area contributed by atoms with Crippen LogP contribution in [-0.2, 0) is 29.5 Å². The molecule has 39 heavy (non-hydrogen) atoms. The third kappa shape index (κ3) is 6.77. The predicted octanol–water partition coefficient (Wildman–Crippen LogP) is 2.01. The van der Waals surface area contributed by atoms with Crippen LogP contribution in [0.25, 0.3) is 0 Å². The summed E-state index contributed by atoms with van der Waals surface area (Å²) in [7, 11) is -8.77. The highest BCUT2D eigenvalue weighted by Gasteiger charge is 2.42. The van der Waals surface area contributed by atoms with Crippen molar-refractivity contribution in [2.45, 2.75) is 35.8 Å². The summed E-state index contributed by atoms with van der Waals surface area (Å²) in [4.78, 5) is 20.6. The van der Waals surface area contributed by atoms with Crippen LogP contribution in [0.2, 0.25) is 0 Å². The van der Waals surface area contributed by atoms with Gasteiger partial charge >= 0.3 is 0 Å². The van der Waals surface area contributed by atoms with Gasteiger partial charge in [0.15, 0.2) is 9.79 Å². The molecule has 2 fully saturated rings. The van der Waals surface area contributed by atoms with Gasteiger partial charge in [-0.1, -0.05) is 38.1 Å². The number of rotatable bonds is 14. The molecular weight excluding hydrogens is 556 g/mol. The number of epoxide rings is 2. The highest BCUT2D eigenvalue weighted by molar-refractivity contribution is 7.89. The van der Waals surface area contributed by atoms with E-state index in [1.54, 1.807) is 13.8 Å². The Labute approximate surface area is 225 Å². The number of benzene rings is 2. The van der Waals surface area contributed by atoms with Crippen LogP contribution in [0.15, 0.2) is 58.3 Å². The Morgan fingerprint density at radius 2 is 1.10 bits per heavy atom. The van der Waals surface area contributed by atoms with Gasteiger partial charge in [-0.2, -0.15) is 8.61 Å². The second-order valence-corrected chi connectivity index (χ2v) is 13.9. The van der Waals surface area contributed by atoms with Crippen LogP contribution in [0, 0.1) is 25.6 Å². The van der Waals surface area contributed by atoms with Crippen molar-refractivity contribution >= 4 is 31.4 Å². The van der Waals surface area contributed by atoms with E-state index >= 15 is 0 Å². The van der Waals surface area contributed by atoms with E-state index in [0.717, 1.165) is 32.9 Å². The van der Waals surface area contributed by atoms with Crippen molar-refractivity contribution in [3.8, 4) is 0 Å². The maximum Gasteiger partial charge on any atom is 0.289 e. The predicted molar refractivity (Wildman–Crippen MR) is 137 cm³/mol. The van der Waals surface area contributed by atoms with Crippen LogP contribution in [0.5, 0.6) is 0 Å². The van der Waals surface area contributed by atoms with Crippen LogP contribution in [0.1, 0.15) is 13.8 Å². The van der Waals surface area contributed by atoms with E-state index in [9.17, 15) is 37.1 Å². The number of nitro groups is 2. The van der Waals surface area contributed by atoms with Gasteiger partial charge in [-0.15, -0.1) is 0 Å². The first kappa shape index (κ1) is 29.0. The van der Waals surface area contributed by atoms with Crippen LogP contribution in [0.3, 0.4) is 0 Å². The summed E-state index contributed by atoms with van der Waals surface area (Å²) in [5.41, 5.74) is -2.20. The third-order valence-electron chi connectivity index (χ3n) is 6.19. The van der Waals surface area contributed by atoms with Crippen molar-refractivity contribution in [2.75, 3.05) is 39.4 Å². The van der Waals surface area contributed by atoms with E-state index < -0.39 is 68.7 Å². The zero-order chi connectivity index (χ0) is 28.6. The van der Waals surface area contributed by atoms with Crippen molar-refractivity contribution in [1.82, 2.24) is 8.61 Å². The SMILES string of the molecule is CC(C)(CN(CC1CO1)S(=O)(=O)c1ccccc1[N+](=O)[O-])CN(CC1CO1)S(=O)(=O)c1ccccc1[N+](=O)[O-]. The third-order valence-corrected chi connectivity index (χ3v) is 9.91. The summed E-state index contributed by atoms with van der Waals surface area (Å²) >= 11 is 0. The molecule has 0 radical (unpaired) electrons. The summed E-state index contributed by atoms with van der Waals surface area (Å²) in [5.74, 6) is 0. The molecule has 0 saturated carbocycles. The molecular formula is C23H28N4O10S2. The number of hydrogen-bond donors (Lipinski definition) is 0. The lowest BCUT2D eigenvalue weighted by atomic mass is 9.93. The van der Waals surface area contributed by atoms with Crippen molar-refractivity contribution < 1.29 is 36.2 Å². The fourth-order valence-corrected chi connectivity index (χ4v) is 7.87. The quantitative estimate of drug-likeness (QED) is 0.181. The standard InChI is InChI=1S/C23H28N4O10S2/c1-23(2,15-24(11-17-13-36-17)38(32,33)21-9-5-3-7-19(21)26(28)29)16-25(12-18-14-37-18)39(34,35)22-10-6-4-8-20(22)27(30)31/h3-10,17-18H,11-16H2,1-2H3. The van der Waals surface area contributed by atoms with Crippen LogP contribution < -0.4 is 0 Å². The van der Waals surface area contributed by atoms with Gasteiger partial charge in [-0.3, -0.25) is 20.2 Å². The Balaban J connectivity index is 1.66. The second-order valence-electron chi connectivity index (χ2n) is 10.1. The van der Waals surface area contributed by atoms with E-state index in [0.29, 0.717) is 13.2 Å². The topological polar surface area (TPSA) is 186 Å². The minimum absolute atomic E-state index is 0.0829. The van der Waals surface area contributed by atoms with Gasteiger partial charge in [0.05, 0.1) is 35.3 Å². The van der Waals surface area contributed by atoms with Crippen LogP contribution in [-0.4, -0.2) is 86.9 Å². The summed E-state index contributed by atoms with van der Waals surface area (Å²) in [5, 5.41) is 23.1. The average molecular weight is 585 g/mol. The van der Waals surface area contributed by atoms with E-state index in [4.69, 9.17) is 9.47 Å². The number of hydrogen-bond acceptors (Lipinski definition) is 10. The second kappa shape index (κ2) is 10.9. The van der Waals surface area contributed by atoms with E-state index in [1.165, 1.54) is 24.3 Å². The summed E-state index contributed by atoms with van der Waals surface area (Å²) in [6.45, 7) is 3.35. The first-order chi connectivity index (χ1) is 18.2. The normalized spacial score (nSPS) is 19.3. The Hall–Kier alpha value is -3.02. The van der Waals surface area contributed by atoms with E-state index in [-0.39, 0.29) is 26.2 Å². The zero-order valence-electron chi connectivity index (χ0n) is 21.2. The van der Waals surface area contributed by atoms with Gasteiger partial charge in [-0.25, -0.2) is 16.8 Å². The summed E-state index contributed by atoms with van der Waals surface area (Å²) in [6.07, 6.45) is -0.796. The van der Waals surface area contributed by atoms with Crippen molar-refractivity contribution in [1.29, 1.82) is 0 Å². The molecule has 0 aromatic heterocycles.